The summed E-state index contributed by atoms with van der Waals surface area (Å²) in [6, 6.07) is 3.11. The quantitative estimate of drug-likeness (QED) is 0.450. The molecule has 5 heterocycles. The minimum absolute atomic E-state index is 0.0254. The van der Waals surface area contributed by atoms with Gasteiger partial charge < -0.3 is 19.7 Å². The van der Waals surface area contributed by atoms with Crippen molar-refractivity contribution in [3.05, 3.63) is 53.6 Å². The SMILES string of the molecule is CNC(=O)C(C)N1CCc2nc(N3CCC(Oc4ccc(F)cc4F)CC3)c(-c3cnn(C4CCCCO4)c3)nc2C1. The van der Waals surface area contributed by atoms with E-state index < -0.39 is 11.6 Å². The largest absolute Gasteiger partial charge is 0.487 e. The van der Waals surface area contributed by atoms with Crippen molar-refractivity contribution >= 4 is 11.7 Å². The van der Waals surface area contributed by atoms with Gasteiger partial charge in [-0.2, -0.15) is 5.10 Å². The van der Waals surface area contributed by atoms with E-state index in [9.17, 15) is 13.6 Å². The number of carbonyl (C=O) groups excluding carboxylic acids is 1. The van der Waals surface area contributed by atoms with E-state index in [1.165, 1.54) is 12.1 Å². The zero-order chi connectivity index (χ0) is 29.2. The highest BCUT2D eigenvalue weighted by molar-refractivity contribution is 5.81. The van der Waals surface area contributed by atoms with Gasteiger partial charge in [-0.05, 0) is 38.3 Å². The predicted molar refractivity (Wildman–Crippen MR) is 152 cm³/mol. The Morgan fingerprint density at radius 2 is 1.95 bits per heavy atom. The maximum absolute atomic E-state index is 14.2. The van der Waals surface area contributed by atoms with Crippen molar-refractivity contribution in [2.45, 2.75) is 70.4 Å². The summed E-state index contributed by atoms with van der Waals surface area (Å²) in [5, 5.41) is 7.36. The monoisotopic (exact) mass is 581 g/mol. The Kier molecular flexibility index (Phi) is 8.34. The summed E-state index contributed by atoms with van der Waals surface area (Å²) in [6.07, 6.45) is 8.59. The van der Waals surface area contributed by atoms with Crippen molar-refractivity contribution < 1.29 is 23.0 Å². The van der Waals surface area contributed by atoms with Crippen molar-refractivity contribution in [3.8, 4) is 17.0 Å². The molecule has 1 N–H and O–H groups in total. The van der Waals surface area contributed by atoms with Crippen LogP contribution >= 0.6 is 0 Å². The number of anilines is 1. The number of hydrogen-bond acceptors (Lipinski definition) is 8. The molecule has 1 amide bonds. The van der Waals surface area contributed by atoms with Crippen molar-refractivity contribution in [1.29, 1.82) is 0 Å². The van der Waals surface area contributed by atoms with Crippen molar-refractivity contribution in [2.75, 3.05) is 38.2 Å². The Bertz CT molecular complexity index is 1420. The highest BCUT2D eigenvalue weighted by Gasteiger charge is 2.31. The fourth-order valence-corrected chi connectivity index (χ4v) is 5.95. The molecular weight excluding hydrogens is 544 g/mol. The molecule has 0 aliphatic carbocycles. The van der Waals surface area contributed by atoms with Crippen LogP contribution in [0.4, 0.5) is 14.6 Å². The number of amides is 1. The lowest BCUT2D eigenvalue weighted by Gasteiger charge is -2.35. The molecule has 3 aliphatic heterocycles. The molecule has 0 bridgehead atoms. The third-order valence-electron chi connectivity index (χ3n) is 8.45. The normalized spacial score (nSPS) is 20.7. The fraction of sp³-hybridized carbons (Fsp3) is 0.533. The average Bonchev–Trinajstić information content (AvgIpc) is 3.52. The van der Waals surface area contributed by atoms with Gasteiger partial charge in [0.2, 0.25) is 5.91 Å². The fourth-order valence-electron chi connectivity index (χ4n) is 5.95. The Morgan fingerprint density at radius 1 is 1.12 bits per heavy atom. The molecule has 2 atom stereocenters. The number of piperidine rings is 1. The highest BCUT2D eigenvalue weighted by atomic mass is 19.1. The van der Waals surface area contributed by atoms with Crippen LogP contribution in [0.5, 0.6) is 5.75 Å². The first-order valence-electron chi connectivity index (χ1n) is 14.8. The van der Waals surface area contributed by atoms with E-state index in [4.69, 9.17) is 19.4 Å². The second-order valence-electron chi connectivity index (χ2n) is 11.2. The van der Waals surface area contributed by atoms with Crippen molar-refractivity contribution in [3.63, 3.8) is 0 Å². The number of carbonyl (C=O) groups is 1. The molecule has 1 aromatic carbocycles. The lowest BCUT2D eigenvalue weighted by Crippen LogP contribution is -2.46. The summed E-state index contributed by atoms with van der Waals surface area (Å²) in [7, 11) is 1.65. The van der Waals surface area contributed by atoms with Crippen LogP contribution in [-0.4, -0.2) is 76.0 Å². The molecule has 224 valence electrons. The molecule has 10 nitrogen and oxygen atoms in total. The first-order chi connectivity index (χ1) is 20.4. The zero-order valence-electron chi connectivity index (χ0n) is 24.1. The second kappa shape index (κ2) is 12.3. The molecule has 6 rings (SSSR count). The van der Waals surface area contributed by atoms with Crippen LogP contribution in [-0.2, 0) is 22.5 Å². The molecule has 2 unspecified atom stereocenters. The Hall–Kier alpha value is -3.64. The first kappa shape index (κ1) is 28.5. The number of nitrogens with one attached hydrogen (secondary N) is 1. The van der Waals surface area contributed by atoms with Crippen LogP contribution in [0.3, 0.4) is 0 Å². The molecule has 3 aromatic rings. The lowest BCUT2D eigenvalue weighted by atomic mass is 10.0. The molecule has 0 saturated carbocycles. The topological polar surface area (TPSA) is 97.6 Å². The molecule has 42 heavy (non-hydrogen) atoms. The molecule has 0 radical (unpaired) electrons. The van der Waals surface area contributed by atoms with Gasteiger partial charge >= 0.3 is 0 Å². The highest BCUT2D eigenvalue weighted by Crippen LogP contribution is 2.34. The maximum atomic E-state index is 14.2. The van der Waals surface area contributed by atoms with Gasteiger partial charge in [-0.1, -0.05) is 0 Å². The molecule has 2 saturated heterocycles. The zero-order valence-corrected chi connectivity index (χ0v) is 24.1. The van der Waals surface area contributed by atoms with Crippen molar-refractivity contribution in [2.24, 2.45) is 0 Å². The minimum atomic E-state index is -0.695. The van der Waals surface area contributed by atoms with E-state index in [-0.39, 0.29) is 30.0 Å². The van der Waals surface area contributed by atoms with Crippen LogP contribution < -0.4 is 15.0 Å². The summed E-state index contributed by atoms with van der Waals surface area (Å²) < 4.78 is 41.2. The van der Waals surface area contributed by atoms with E-state index in [1.54, 1.807) is 7.05 Å². The number of hydrogen-bond donors (Lipinski definition) is 1. The van der Waals surface area contributed by atoms with Gasteiger partial charge in [-0.15, -0.1) is 0 Å². The molecule has 3 aliphatic rings. The smallest absolute Gasteiger partial charge is 0.236 e. The van der Waals surface area contributed by atoms with E-state index in [0.717, 1.165) is 60.4 Å². The van der Waals surface area contributed by atoms with Gasteiger partial charge in [0.1, 0.15) is 23.8 Å². The van der Waals surface area contributed by atoms with Crippen LogP contribution in [0.25, 0.3) is 11.3 Å². The Balaban J connectivity index is 1.26. The van der Waals surface area contributed by atoms with Crippen LogP contribution in [0.1, 0.15) is 56.6 Å². The summed E-state index contributed by atoms with van der Waals surface area (Å²) >= 11 is 0. The van der Waals surface area contributed by atoms with Crippen LogP contribution in [0.15, 0.2) is 30.6 Å². The third kappa shape index (κ3) is 5.96. The number of likely N-dealkylation sites (N-methyl/N-ethyl adjacent to an activating group) is 1. The van der Waals surface area contributed by atoms with E-state index >= 15 is 0 Å². The number of ether oxygens (including phenoxy) is 2. The number of aromatic nitrogens is 4. The van der Waals surface area contributed by atoms with Crippen LogP contribution in [0, 0.1) is 11.6 Å². The summed E-state index contributed by atoms with van der Waals surface area (Å²) in [5.74, 6) is -0.492. The summed E-state index contributed by atoms with van der Waals surface area (Å²) in [6.45, 7) is 5.17. The van der Waals surface area contributed by atoms with Crippen LogP contribution in [0.2, 0.25) is 0 Å². The average molecular weight is 582 g/mol. The lowest BCUT2D eigenvalue weighted by molar-refractivity contribution is -0.125. The maximum Gasteiger partial charge on any atom is 0.236 e. The van der Waals surface area contributed by atoms with Crippen molar-refractivity contribution in [1.82, 2.24) is 30.0 Å². The molecule has 12 heteroatoms. The molecule has 0 spiro atoms. The third-order valence-corrected chi connectivity index (χ3v) is 8.45. The van der Waals surface area contributed by atoms with Gasteiger partial charge in [-0.25, -0.2) is 23.4 Å². The molecule has 2 aromatic heterocycles. The summed E-state index contributed by atoms with van der Waals surface area (Å²) in [4.78, 5) is 27.0. The Labute approximate surface area is 244 Å². The first-order valence-corrected chi connectivity index (χ1v) is 14.8. The van der Waals surface area contributed by atoms with Gasteiger partial charge in [-0.3, -0.25) is 9.69 Å². The number of rotatable bonds is 7. The molecular formula is C30H37F2N7O3. The van der Waals surface area contributed by atoms with E-state index in [1.807, 2.05) is 24.0 Å². The summed E-state index contributed by atoms with van der Waals surface area (Å²) in [5.41, 5.74) is 3.40. The van der Waals surface area contributed by atoms with Gasteiger partial charge in [0, 0.05) is 76.9 Å². The number of halogens is 2. The number of nitrogens with zero attached hydrogens (tertiary/aromatic N) is 6. The van der Waals surface area contributed by atoms with E-state index in [0.29, 0.717) is 45.4 Å². The van der Waals surface area contributed by atoms with Gasteiger partial charge in [0.05, 0.1) is 23.6 Å². The van der Waals surface area contributed by atoms with Gasteiger partial charge in [0.15, 0.2) is 17.4 Å². The number of benzene rings is 1. The van der Waals surface area contributed by atoms with E-state index in [2.05, 4.69) is 20.2 Å². The standard InChI is InChI=1S/C30H37F2N7O3/c1-19(30(40)33-2)38-13-10-24-25(18-38)35-28(20-16-34-39(17-20)27-5-3-4-14-41-27)29(36-24)37-11-8-22(9-12-37)42-26-7-6-21(31)15-23(26)32/h6-7,15-17,19,22,27H,3-5,8-14,18H2,1-2H3,(H,33,40). The Morgan fingerprint density at radius 3 is 2.69 bits per heavy atom. The molecule has 2 fully saturated rings. The number of fused-ring (bicyclic) bond motifs is 1. The predicted octanol–water partition coefficient (Wildman–Crippen LogP) is 3.86. The minimum Gasteiger partial charge on any atom is -0.487 e. The van der Waals surface area contributed by atoms with Gasteiger partial charge in [0.25, 0.3) is 0 Å². The second-order valence-corrected chi connectivity index (χ2v) is 11.2.